The van der Waals surface area contributed by atoms with Gasteiger partial charge in [-0.3, -0.25) is 0 Å². The van der Waals surface area contributed by atoms with Crippen molar-refractivity contribution in [2.45, 2.75) is 89.5 Å². The molecular formula is C19H33NO2. The SMILES string of the molecule is O=C(NC1CCCC2CCCCC21)OCCC1CCCCC1. The van der Waals surface area contributed by atoms with Gasteiger partial charge in [-0.2, -0.15) is 0 Å². The Hall–Kier alpha value is -0.730. The fourth-order valence-electron chi connectivity index (χ4n) is 5.10. The Bertz CT molecular complexity index is 349. The van der Waals surface area contributed by atoms with Gasteiger partial charge in [0.25, 0.3) is 0 Å². The lowest BCUT2D eigenvalue weighted by atomic mass is 9.68. The highest BCUT2D eigenvalue weighted by molar-refractivity contribution is 5.67. The van der Waals surface area contributed by atoms with E-state index in [2.05, 4.69) is 5.32 Å². The summed E-state index contributed by atoms with van der Waals surface area (Å²) in [6, 6.07) is 0.376. The van der Waals surface area contributed by atoms with Gasteiger partial charge in [-0.15, -0.1) is 0 Å². The Kier molecular flexibility index (Phi) is 6.03. The predicted octanol–water partition coefficient (Wildman–Crippen LogP) is 5.04. The van der Waals surface area contributed by atoms with Crippen LogP contribution in [0.3, 0.4) is 0 Å². The second-order valence-electron chi connectivity index (χ2n) is 7.82. The first-order valence-electron chi connectivity index (χ1n) is 9.76. The zero-order valence-electron chi connectivity index (χ0n) is 14.0. The lowest BCUT2D eigenvalue weighted by Crippen LogP contribution is -2.46. The van der Waals surface area contributed by atoms with Crippen LogP contribution in [-0.2, 0) is 4.74 Å². The molecule has 3 aliphatic carbocycles. The number of rotatable bonds is 4. The van der Waals surface area contributed by atoms with E-state index in [1.807, 2.05) is 0 Å². The minimum Gasteiger partial charge on any atom is -0.450 e. The van der Waals surface area contributed by atoms with Crippen LogP contribution >= 0.6 is 0 Å². The average molecular weight is 307 g/mol. The number of alkyl carbamates (subject to hydrolysis) is 1. The van der Waals surface area contributed by atoms with Crippen LogP contribution in [0, 0.1) is 17.8 Å². The summed E-state index contributed by atoms with van der Waals surface area (Å²) in [6.07, 6.45) is 16.9. The molecule has 3 rings (SSSR count). The average Bonchev–Trinajstić information content (AvgIpc) is 2.56. The van der Waals surface area contributed by atoms with Crippen LogP contribution in [0.4, 0.5) is 4.79 Å². The smallest absolute Gasteiger partial charge is 0.407 e. The molecule has 3 atom stereocenters. The van der Waals surface area contributed by atoms with Crippen molar-refractivity contribution in [2.24, 2.45) is 17.8 Å². The maximum atomic E-state index is 12.1. The molecule has 1 N–H and O–H groups in total. The van der Waals surface area contributed by atoms with E-state index < -0.39 is 0 Å². The van der Waals surface area contributed by atoms with Crippen molar-refractivity contribution >= 4 is 6.09 Å². The molecule has 3 unspecified atom stereocenters. The molecule has 0 aromatic heterocycles. The molecule has 3 heteroatoms. The molecule has 0 aliphatic heterocycles. The summed E-state index contributed by atoms with van der Waals surface area (Å²) in [5.41, 5.74) is 0. The van der Waals surface area contributed by atoms with Crippen molar-refractivity contribution in [3.8, 4) is 0 Å². The Morgan fingerprint density at radius 2 is 1.59 bits per heavy atom. The molecule has 0 bridgehead atoms. The minimum absolute atomic E-state index is 0.160. The van der Waals surface area contributed by atoms with Gasteiger partial charge in [0.05, 0.1) is 6.61 Å². The summed E-state index contributed by atoms with van der Waals surface area (Å²) < 4.78 is 5.48. The maximum Gasteiger partial charge on any atom is 0.407 e. The summed E-state index contributed by atoms with van der Waals surface area (Å²) in [7, 11) is 0. The molecule has 126 valence electrons. The lowest BCUT2D eigenvalue weighted by Gasteiger charge is -2.41. The van der Waals surface area contributed by atoms with Crippen molar-refractivity contribution in [3.63, 3.8) is 0 Å². The molecular weight excluding hydrogens is 274 g/mol. The molecule has 3 saturated carbocycles. The number of amides is 1. The number of carbonyl (C=O) groups excluding carboxylic acids is 1. The van der Waals surface area contributed by atoms with Gasteiger partial charge in [-0.1, -0.05) is 64.2 Å². The van der Waals surface area contributed by atoms with Crippen LogP contribution in [0.5, 0.6) is 0 Å². The van der Waals surface area contributed by atoms with E-state index in [1.54, 1.807) is 0 Å². The molecule has 0 radical (unpaired) electrons. The molecule has 3 aliphatic rings. The van der Waals surface area contributed by atoms with Gasteiger partial charge in [0, 0.05) is 6.04 Å². The molecule has 0 saturated heterocycles. The van der Waals surface area contributed by atoms with E-state index in [0.717, 1.165) is 24.7 Å². The van der Waals surface area contributed by atoms with Crippen molar-refractivity contribution < 1.29 is 9.53 Å². The molecule has 3 nitrogen and oxygen atoms in total. The zero-order chi connectivity index (χ0) is 15.2. The molecule has 0 spiro atoms. The van der Waals surface area contributed by atoms with Crippen molar-refractivity contribution in [3.05, 3.63) is 0 Å². The van der Waals surface area contributed by atoms with Gasteiger partial charge in [-0.05, 0) is 37.0 Å². The molecule has 0 aromatic carbocycles. The maximum absolute atomic E-state index is 12.1. The normalized spacial score (nSPS) is 33.0. The summed E-state index contributed by atoms with van der Waals surface area (Å²) in [5, 5.41) is 3.19. The van der Waals surface area contributed by atoms with E-state index in [1.165, 1.54) is 70.6 Å². The third kappa shape index (κ3) is 4.39. The number of hydrogen-bond acceptors (Lipinski definition) is 2. The minimum atomic E-state index is -0.160. The number of ether oxygens (including phenoxy) is 1. The van der Waals surface area contributed by atoms with Crippen molar-refractivity contribution in [1.29, 1.82) is 0 Å². The van der Waals surface area contributed by atoms with Gasteiger partial charge in [0.1, 0.15) is 0 Å². The first-order chi connectivity index (χ1) is 10.8. The second-order valence-corrected chi connectivity index (χ2v) is 7.82. The fraction of sp³-hybridized carbons (Fsp3) is 0.947. The van der Waals surface area contributed by atoms with Crippen LogP contribution in [0.2, 0.25) is 0 Å². The van der Waals surface area contributed by atoms with Gasteiger partial charge in [0.15, 0.2) is 0 Å². The topological polar surface area (TPSA) is 38.3 Å². The predicted molar refractivity (Wildman–Crippen MR) is 88.8 cm³/mol. The molecule has 22 heavy (non-hydrogen) atoms. The first kappa shape index (κ1) is 16.1. The quantitative estimate of drug-likeness (QED) is 0.790. The van der Waals surface area contributed by atoms with Gasteiger partial charge < -0.3 is 10.1 Å². The Balaban J connectivity index is 1.37. The van der Waals surface area contributed by atoms with Crippen LogP contribution in [0.1, 0.15) is 83.5 Å². The Morgan fingerprint density at radius 3 is 2.45 bits per heavy atom. The third-order valence-corrected chi connectivity index (χ3v) is 6.36. The Labute approximate surface area is 135 Å². The monoisotopic (exact) mass is 307 g/mol. The zero-order valence-corrected chi connectivity index (χ0v) is 14.0. The number of fused-ring (bicyclic) bond motifs is 1. The standard InChI is InChI=1S/C19H33NO2/c21-19(22-14-13-15-7-2-1-3-8-15)20-18-12-6-10-16-9-4-5-11-17(16)18/h15-18H,1-14H2,(H,20,21). The van der Waals surface area contributed by atoms with Crippen LogP contribution < -0.4 is 5.32 Å². The Morgan fingerprint density at radius 1 is 0.864 bits per heavy atom. The van der Waals surface area contributed by atoms with E-state index in [9.17, 15) is 4.79 Å². The summed E-state index contributed by atoms with van der Waals surface area (Å²) in [5.74, 6) is 2.36. The lowest BCUT2D eigenvalue weighted by molar-refractivity contribution is 0.0984. The highest BCUT2D eigenvalue weighted by Gasteiger charge is 2.35. The largest absolute Gasteiger partial charge is 0.450 e. The van der Waals surface area contributed by atoms with E-state index in [4.69, 9.17) is 4.74 Å². The molecule has 3 fully saturated rings. The summed E-state index contributed by atoms with van der Waals surface area (Å²) >= 11 is 0. The number of carbonyl (C=O) groups is 1. The number of nitrogens with one attached hydrogen (secondary N) is 1. The number of hydrogen-bond donors (Lipinski definition) is 1. The van der Waals surface area contributed by atoms with Crippen LogP contribution in [0.25, 0.3) is 0 Å². The first-order valence-corrected chi connectivity index (χ1v) is 9.76. The van der Waals surface area contributed by atoms with Gasteiger partial charge in [0.2, 0.25) is 0 Å². The van der Waals surface area contributed by atoms with E-state index in [-0.39, 0.29) is 6.09 Å². The summed E-state index contributed by atoms with van der Waals surface area (Å²) in [4.78, 5) is 12.1. The van der Waals surface area contributed by atoms with Crippen molar-refractivity contribution in [2.75, 3.05) is 6.61 Å². The van der Waals surface area contributed by atoms with Crippen LogP contribution in [-0.4, -0.2) is 18.7 Å². The van der Waals surface area contributed by atoms with Crippen molar-refractivity contribution in [1.82, 2.24) is 5.32 Å². The van der Waals surface area contributed by atoms with E-state index in [0.29, 0.717) is 18.6 Å². The summed E-state index contributed by atoms with van der Waals surface area (Å²) in [6.45, 7) is 0.608. The fourth-order valence-corrected chi connectivity index (χ4v) is 5.10. The van der Waals surface area contributed by atoms with Crippen LogP contribution in [0.15, 0.2) is 0 Å². The highest BCUT2D eigenvalue weighted by Crippen LogP contribution is 2.40. The molecule has 0 heterocycles. The molecule has 0 aromatic rings. The second kappa shape index (κ2) is 8.21. The van der Waals surface area contributed by atoms with E-state index >= 15 is 0 Å². The highest BCUT2D eigenvalue weighted by atomic mass is 16.5. The third-order valence-electron chi connectivity index (χ3n) is 6.36. The van der Waals surface area contributed by atoms with Gasteiger partial charge >= 0.3 is 6.09 Å². The molecule has 1 amide bonds. The van der Waals surface area contributed by atoms with Gasteiger partial charge in [-0.25, -0.2) is 4.79 Å².